The maximum absolute atomic E-state index is 13.2. The minimum atomic E-state index is -0.198. The van der Waals surface area contributed by atoms with Crippen LogP contribution >= 0.6 is 11.3 Å². The fraction of sp³-hybridized carbons (Fsp3) is 0.240. The Balaban J connectivity index is 1.74. The van der Waals surface area contributed by atoms with Gasteiger partial charge in [-0.05, 0) is 31.2 Å². The summed E-state index contributed by atoms with van der Waals surface area (Å²) in [4.78, 5) is 22.6. The van der Waals surface area contributed by atoms with Crippen molar-refractivity contribution in [2.24, 2.45) is 0 Å². The van der Waals surface area contributed by atoms with Crippen molar-refractivity contribution in [1.29, 1.82) is 0 Å². The molecule has 6 heteroatoms. The van der Waals surface area contributed by atoms with Gasteiger partial charge in [-0.3, -0.25) is 10.1 Å². The first-order chi connectivity index (χ1) is 14.8. The van der Waals surface area contributed by atoms with Gasteiger partial charge in [0.15, 0.2) is 5.13 Å². The van der Waals surface area contributed by atoms with E-state index < -0.39 is 0 Å². The van der Waals surface area contributed by atoms with Crippen LogP contribution in [0.25, 0.3) is 22.2 Å². The highest BCUT2D eigenvalue weighted by atomic mass is 32.1. The largest absolute Gasteiger partial charge is 0.494 e. The summed E-state index contributed by atoms with van der Waals surface area (Å²) in [7, 11) is 0. The number of nitrogens with zero attached hydrogens (tertiary/aromatic N) is 2. The zero-order chi connectivity index (χ0) is 22.0. The second-order valence-electron chi connectivity index (χ2n) is 8.28. The van der Waals surface area contributed by atoms with E-state index >= 15 is 0 Å². The van der Waals surface area contributed by atoms with Crippen molar-refractivity contribution >= 4 is 33.3 Å². The summed E-state index contributed by atoms with van der Waals surface area (Å²) in [6, 6.07) is 17.3. The van der Waals surface area contributed by atoms with Crippen LogP contribution in [0.5, 0.6) is 5.75 Å². The molecule has 5 nitrogen and oxygen atoms in total. The molecule has 0 bridgehead atoms. The monoisotopic (exact) mass is 431 g/mol. The number of pyridine rings is 1. The lowest BCUT2D eigenvalue weighted by molar-refractivity contribution is 0.102. The normalized spacial score (nSPS) is 11.5. The van der Waals surface area contributed by atoms with E-state index in [1.54, 1.807) is 0 Å². The van der Waals surface area contributed by atoms with Crippen molar-refractivity contribution in [3.8, 4) is 17.0 Å². The van der Waals surface area contributed by atoms with Gasteiger partial charge >= 0.3 is 0 Å². The Hall–Kier alpha value is -3.25. The molecule has 0 aliphatic heterocycles. The number of anilines is 1. The second kappa shape index (κ2) is 8.47. The van der Waals surface area contributed by atoms with E-state index in [9.17, 15) is 4.79 Å². The Bertz CT molecular complexity index is 1240. The molecule has 158 valence electrons. The lowest BCUT2D eigenvalue weighted by Crippen LogP contribution is -2.15. The van der Waals surface area contributed by atoms with Crippen molar-refractivity contribution in [3.63, 3.8) is 0 Å². The molecule has 0 saturated carbocycles. The predicted molar refractivity (Wildman–Crippen MR) is 127 cm³/mol. The molecular weight excluding hydrogens is 406 g/mol. The van der Waals surface area contributed by atoms with Crippen LogP contribution in [-0.2, 0) is 5.41 Å². The maximum Gasteiger partial charge on any atom is 0.258 e. The number of benzene rings is 2. The Morgan fingerprint density at radius 1 is 1.06 bits per heavy atom. The molecule has 0 spiro atoms. The molecule has 0 fully saturated rings. The summed E-state index contributed by atoms with van der Waals surface area (Å²) in [6.07, 6.45) is 0. The van der Waals surface area contributed by atoms with Gasteiger partial charge in [0.1, 0.15) is 5.75 Å². The van der Waals surface area contributed by atoms with Crippen LogP contribution in [0.1, 0.15) is 43.7 Å². The lowest BCUT2D eigenvalue weighted by Gasteiger charge is -2.14. The lowest BCUT2D eigenvalue weighted by atomic mass is 9.93. The average Bonchev–Trinajstić information content (AvgIpc) is 3.22. The van der Waals surface area contributed by atoms with Crippen molar-refractivity contribution < 1.29 is 9.53 Å². The second-order valence-corrected chi connectivity index (χ2v) is 9.13. The molecule has 31 heavy (non-hydrogen) atoms. The van der Waals surface area contributed by atoms with Crippen LogP contribution in [0, 0.1) is 0 Å². The number of para-hydroxylation sites is 1. The number of hydrogen-bond donors (Lipinski definition) is 1. The molecule has 4 aromatic rings. The summed E-state index contributed by atoms with van der Waals surface area (Å²) in [5.41, 5.74) is 3.84. The SMILES string of the molecule is CCOc1cccc(-c2cc(C(=O)Nc3nc(C(C)(C)C)cs3)c3ccccc3n2)c1. The molecule has 0 radical (unpaired) electrons. The quantitative estimate of drug-likeness (QED) is 0.402. The van der Waals surface area contributed by atoms with E-state index in [1.807, 2.05) is 66.9 Å². The molecule has 0 unspecified atom stereocenters. The number of thiazole rings is 1. The Morgan fingerprint density at radius 2 is 1.87 bits per heavy atom. The smallest absolute Gasteiger partial charge is 0.258 e. The van der Waals surface area contributed by atoms with Crippen LogP contribution in [-0.4, -0.2) is 22.5 Å². The van der Waals surface area contributed by atoms with E-state index in [4.69, 9.17) is 9.72 Å². The zero-order valence-electron chi connectivity index (χ0n) is 18.1. The number of amides is 1. The molecule has 2 aromatic carbocycles. The highest BCUT2D eigenvalue weighted by Crippen LogP contribution is 2.29. The minimum Gasteiger partial charge on any atom is -0.494 e. The Kier molecular flexibility index (Phi) is 5.74. The van der Waals surface area contributed by atoms with E-state index in [-0.39, 0.29) is 11.3 Å². The Morgan fingerprint density at radius 3 is 2.61 bits per heavy atom. The van der Waals surface area contributed by atoms with Crippen LogP contribution in [0.4, 0.5) is 5.13 Å². The first-order valence-corrected chi connectivity index (χ1v) is 11.1. The number of hydrogen-bond acceptors (Lipinski definition) is 5. The first-order valence-electron chi connectivity index (χ1n) is 10.3. The van der Waals surface area contributed by atoms with E-state index in [0.717, 1.165) is 33.6 Å². The molecule has 1 N–H and O–H groups in total. The summed E-state index contributed by atoms with van der Waals surface area (Å²) in [5, 5.41) is 6.36. The number of aromatic nitrogens is 2. The number of carbonyl (C=O) groups excluding carboxylic acids is 1. The molecule has 2 heterocycles. The number of carbonyl (C=O) groups is 1. The van der Waals surface area contributed by atoms with E-state index in [2.05, 4.69) is 31.1 Å². The predicted octanol–water partition coefficient (Wildman–Crippen LogP) is 6.31. The fourth-order valence-electron chi connectivity index (χ4n) is 3.26. The third-order valence-corrected chi connectivity index (χ3v) is 5.65. The number of fused-ring (bicyclic) bond motifs is 1. The van der Waals surface area contributed by atoms with Gasteiger partial charge in [0.05, 0.1) is 29.1 Å². The molecule has 0 aliphatic rings. The van der Waals surface area contributed by atoms with Crippen LogP contribution in [0.2, 0.25) is 0 Å². The number of ether oxygens (including phenoxy) is 1. The summed E-state index contributed by atoms with van der Waals surface area (Å²) in [5.74, 6) is 0.578. The van der Waals surface area contributed by atoms with Crippen LogP contribution < -0.4 is 10.1 Å². The van der Waals surface area contributed by atoms with Gasteiger partial charge in [0.25, 0.3) is 5.91 Å². The van der Waals surface area contributed by atoms with Crippen LogP contribution in [0.3, 0.4) is 0 Å². The van der Waals surface area contributed by atoms with Gasteiger partial charge in [0.2, 0.25) is 0 Å². The van der Waals surface area contributed by atoms with Gasteiger partial charge < -0.3 is 4.74 Å². The third kappa shape index (κ3) is 4.59. The van der Waals surface area contributed by atoms with Gasteiger partial charge in [-0.15, -0.1) is 11.3 Å². The number of rotatable bonds is 5. The molecule has 0 aliphatic carbocycles. The van der Waals surface area contributed by atoms with Gasteiger partial charge in [-0.25, -0.2) is 9.97 Å². The average molecular weight is 432 g/mol. The summed E-state index contributed by atoms with van der Waals surface area (Å²) < 4.78 is 5.63. The maximum atomic E-state index is 13.2. The van der Waals surface area contributed by atoms with E-state index in [0.29, 0.717) is 17.3 Å². The van der Waals surface area contributed by atoms with Gasteiger partial charge in [-0.1, -0.05) is 51.1 Å². The van der Waals surface area contributed by atoms with Gasteiger partial charge in [-0.2, -0.15) is 0 Å². The molecule has 0 saturated heterocycles. The van der Waals surface area contributed by atoms with Crippen molar-refractivity contribution in [1.82, 2.24) is 9.97 Å². The van der Waals surface area contributed by atoms with Crippen molar-refractivity contribution in [2.75, 3.05) is 11.9 Å². The minimum absolute atomic E-state index is 0.0679. The summed E-state index contributed by atoms with van der Waals surface area (Å²) in [6.45, 7) is 8.85. The molecule has 2 aromatic heterocycles. The number of nitrogens with one attached hydrogen (secondary N) is 1. The zero-order valence-corrected chi connectivity index (χ0v) is 18.9. The van der Waals surface area contributed by atoms with E-state index in [1.165, 1.54) is 11.3 Å². The van der Waals surface area contributed by atoms with Crippen molar-refractivity contribution in [2.45, 2.75) is 33.1 Å². The highest BCUT2D eigenvalue weighted by molar-refractivity contribution is 7.14. The van der Waals surface area contributed by atoms with Gasteiger partial charge in [0, 0.05) is 21.7 Å². The fourth-order valence-corrected chi connectivity index (χ4v) is 4.20. The highest BCUT2D eigenvalue weighted by Gasteiger charge is 2.20. The summed E-state index contributed by atoms with van der Waals surface area (Å²) >= 11 is 1.44. The van der Waals surface area contributed by atoms with Crippen LogP contribution in [0.15, 0.2) is 60.0 Å². The van der Waals surface area contributed by atoms with Crippen molar-refractivity contribution in [3.05, 3.63) is 71.2 Å². The molecular formula is C25H25N3O2S. The molecule has 4 rings (SSSR count). The third-order valence-electron chi connectivity index (χ3n) is 4.89. The topological polar surface area (TPSA) is 64.1 Å². The standard InChI is InChI=1S/C25H25N3O2S/c1-5-30-17-10-8-9-16(13-17)21-14-19(18-11-6-7-12-20(18)26-21)23(29)28-24-27-22(15-31-24)25(2,3)4/h6-15H,5H2,1-4H3,(H,27,28,29). The molecule has 1 amide bonds. The Labute approximate surface area is 186 Å². The molecule has 0 atom stereocenters. The first kappa shape index (κ1) is 21.0.